The highest BCUT2D eigenvalue weighted by molar-refractivity contribution is 5.70. The predicted molar refractivity (Wildman–Crippen MR) is 160 cm³/mol. The van der Waals surface area contributed by atoms with Crippen molar-refractivity contribution in [1.29, 1.82) is 0 Å². The summed E-state index contributed by atoms with van der Waals surface area (Å²) in [6.07, 6.45) is -1.20. The molecule has 1 N–H and O–H groups in total. The van der Waals surface area contributed by atoms with Crippen LogP contribution in [0, 0.1) is 11.8 Å². The van der Waals surface area contributed by atoms with Crippen LogP contribution in [0.4, 0.5) is 37.1 Å². The van der Waals surface area contributed by atoms with E-state index in [0.717, 1.165) is 0 Å². The van der Waals surface area contributed by atoms with Crippen LogP contribution in [-0.2, 0) is 35.5 Å². The van der Waals surface area contributed by atoms with Crippen molar-refractivity contribution in [2.75, 3.05) is 18.1 Å². The summed E-state index contributed by atoms with van der Waals surface area (Å²) in [5, 5.41) is 13.4. The first kappa shape index (κ1) is 35.0. The smallest absolute Gasteiger partial charge is 0.416 e. The van der Waals surface area contributed by atoms with E-state index in [4.69, 9.17) is 4.74 Å². The lowest BCUT2D eigenvalue weighted by molar-refractivity contribution is -0.144. The first-order valence-electron chi connectivity index (χ1n) is 15.6. The van der Waals surface area contributed by atoms with Crippen molar-refractivity contribution < 1.29 is 45.8 Å². The molecule has 5 rings (SSSR count). The highest BCUT2D eigenvalue weighted by Gasteiger charge is 2.41. The number of hydrogen-bond donors (Lipinski definition) is 1. The van der Waals surface area contributed by atoms with Gasteiger partial charge in [0.25, 0.3) is 0 Å². The van der Waals surface area contributed by atoms with Crippen molar-refractivity contribution in [2.45, 2.75) is 76.4 Å². The lowest BCUT2D eigenvalue weighted by atomic mass is 9.82. The van der Waals surface area contributed by atoms with Crippen LogP contribution in [0.25, 0.3) is 11.1 Å². The Bertz CT molecular complexity index is 1550. The SMILES string of the molecule is CC[C@@H]1CC(N(Cc2cc(C(F)(F)F)cc(C(F)(F)F)c2)c2ncc(-c3cnn(C)c3)cn2)CN1C(=O)OCC1CCC(C(=O)O)CC1. The second-order valence-corrected chi connectivity index (χ2v) is 12.5. The minimum absolute atomic E-state index is 0.0231. The quantitative estimate of drug-likeness (QED) is 0.245. The molecular formula is C32H36F6N6O4. The third-order valence-electron chi connectivity index (χ3n) is 9.11. The molecule has 3 aromatic rings. The maximum Gasteiger partial charge on any atom is 0.416 e. The van der Waals surface area contributed by atoms with Gasteiger partial charge in [-0.25, -0.2) is 14.8 Å². The number of benzene rings is 1. The zero-order chi connectivity index (χ0) is 34.8. The summed E-state index contributed by atoms with van der Waals surface area (Å²) in [6.45, 7) is 1.67. The van der Waals surface area contributed by atoms with Gasteiger partial charge in [0.05, 0.1) is 35.9 Å². The lowest BCUT2D eigenvalue weighted by Crippen LogP contribution is -2.41. The van der Waals surface area contributed by atoms with Crippen molar-refractivity contribution in [1.82, 2.24) is 24.6 Å². The standard InChI is InChI=1S/C32H36F6N6O4/c1-3-26-11-27(17-44(26)30(47)48-18-19-4-6-21(7-5-19)28(45)46)43(29-39-12-22(13-40-29)23-14-41-42(2)16-23)15-20-8-24(31(33,34)35)10-25(9-20)32(36,37)38/h8-10,12-14,16,19,21,26-27H,3-7,11,15,17-18H2,1-2H3,(H,45,46)/t19?,21?,26-,27?/m1/s1. The number of nitrogens with zero attached hydrogens (tertiary/aromatic N) is 6. The average Bonchev–Trinajstić information content (AvgIpc) is 3.68. The number of carbonyl (C=O) groups excluding carboxylic acids is 1. The molecule has 2 aliphatic rings. The number of ether oxygens (including phenoxy) is 1. The molecule has 2 aromatic heterocycles. The number of likely N-dealkylation sites (tertiary alicyclic amines) is 1. The Morgan fingerprint density at radius 1 is 0.958 bits per heavy atom. The van der Waals surface area contributed by atoms with Gasteiger partial charge in [-0.3, -0.25) is 9.48 Å². The van der Waals surface area contributed by atoms with Crippen molar-refractivity contribution >= 4 is 18.0 Å². The molecule has 0 bridgehead atoms. The number of carbonyl (C=O) groups is 2. The van der Waals surface area contributed by atoms with Crippen LogP contribution in [0.1, 0.15) is 62.1 Å². The van der Waals surface area contributed by atoms with Gasteiger partial charge in [0.15, 0.2) is 0 Å². The lowest BCUT2D eigenvalue weighted by Gasteiger charge is -2.30. The third-order valence-corrected chi connectivity index (χ3v) is 9.11. The van der Waals surface area contributed by atoms with Crippen molar-refractivity contribution in [2.24, 2.45) is 18.9 Å². The minimum Gasteiger partial charge on any atom is -0.481 e. The van der Waals surface area contributed by atoms with Crippen LogP contribution in [-0.4, -0.2) is 67.1 Å². The van der Waals surface area contributed by atoms with Crippen molar-refractivity contribution in [3.8, 4) is 11.1 Å². The molecule has 2 atom stereocenters. The van der Waals surface area contributed by atoms with Gasteiger partial charge in [0.2, 0.25) is 5.95 Å². The van der Waals surface area contributed by atoms with Crippen LogP contribution in [0.3, 0.4) is 0 Å². The number of aryl methyl sites for hydroxylation is 1. The number of carboxylic acids is 1. The van der Waals surface area contributed by atoms with E-state index in [2.05, 4.69) is 15.1 Å². The van der Waals surface area contributed by atoms with Crippen LogP contribution < -0.4 is 4.90 Å². The number of alkyl halides is 6. The first-order chi connectivity index (χ1) is 22.6. The van der Waals surface area contributed by atoms with E-state index in [-0.39, 0.29) is 42.7 Å². The Kier molecular flexibility index (Phi) is 10.2. The minimum atomic E-state index is -5.02. The summed E-state index contributed by atoms with van der Waals surface area (Å²) >= 11 is 0. The van der Waals surface area contributed by atoms with Gasteiger partial charge < -0.3 is 19.6 Å². The van der Waals surface area contributed by atoms with Gasteiger partial charge in [-0.2, -0.15) is 31.4 Å². The molecule has 0 radical (unpaired) electrons. The molecule has 3 heterocycles. The molecule has 1 saturated carbocycles. The molecule has 1 unspecified atom stereocenters. The number of aliphatic carboxylic acids is 1. The molecule has 2 fully saturated rings. The van der Waals surface area contributed by atoms with Crippen molar-refractivity contribution in [3.63, 3.8) is 0 Å². The van der Waals surface area contributed by atoms with Crippen LogP contribution in [0.15, 0.2) is 43.0 Å². The fourth-order valence-corrected chi connectivity index (χ4v) is 6.44. The molecule has 0 spiro atoms. The van der Waals surface area contributed by atoms with E-state index in [1.54, 1.807) is 24.1 Å². The summed E-state index contributed by atoms with van der Waals surface area (Å²) < 4.78 is 89.5. The highest BCUT2D eigenvalue weighted by Crippen LogP contribution is 2.38. The molecule has 1 aliphatic heterocycles. The van der Waals surface area contributed by atoms with Crippen molar-refractivity contribution in [3.05, 3.63) is 59.7 Å². The summed E-state index contributed by atoms with van der Waals surface area (Å²) in [7, 11) is 1.73. The molecule has 260 valence electrons. The molecule has 1 aromatic carbocycles. The van der Waals surface area contributed by atoms with Crippen LogP contribution in [0.5, 0.6) is 0 Å². The molecule has 1 aliphatic carbocycles. The fraction of sp³-hybridized carbons (Fsp3) is 0.531. The van der Waals surface area contributed by atoms with E-state index >= 15 is 0 Å². The molecular weight excluding hydrogens is 646 g/mol. The Balaban J connectivity index is 1.40. The zero-order valence-corrected chi connectivity index (χ0v) is 26.3. The molecule has 48 heavy (non-hydrogen) atoms. The first-order valence-corrected chi connectivity index (χ1v) is 15.6. The number of rotatable bonds is 9. The maximum absolute atomic E-state index is 13.7. The number of hydrogen-bond acceptors (Lipinski definition) is 7. The Labute approximate surface area is 272 Å². The molecule has 10 nitrogen and oxygen atoms in total. The van der Waals surface area contributed by atoms with E-state index in [1.807, 2.05) is 6.92 Å². The summed E-state index contributed by atoms with van der Waals surface area (Å²) in [6, 6.07) is 0.561. The van der Waals surface area contributed by atoms with E-state index in [1.165, 1.54) is 22.2 Å². The summed E-state index contributed by atoms with van der Waals surface area (Å²) in [5.74, 6) is -1.15. The number of carboxylic acid groups (broad SMARTS) is 1. The summed E-state index contributed by atoms with van der Waals surface area (Å²) in [4.78, 5) is 36.5. The fourth-order valence-electron chi connectivity index (χ4n) is 6.44. The largest absolute Gasteiger partial charge is 0.481 e. The van der Waals surface area contributed by atoms with Gasteiger partial charge in [-0.05, 0) is 68.2 Å². The topological polar surface area (TPSA) is 114 Å². The van der Waals surface area contributed by atoms with E-state index < -0.39 is 54.0 Å². The van der Waals surface area contributed by atoms with Gasteiger partial charge in [0.1, 0.15) is 0 Å². The van der Waals surface area contributed by atoms with Gasteiger partial charge >= 0.3 is 24.4 Å². The Morgan fingerprint density at radius 2 is 1.58 bits per heavy atom. The third kappa shape index (κ3) is 8.19. The van der Waals surface area contributed by atoms with Crippen LogP contribution >= 0.6 is 0 Å². The number of anilines is 1. The van der Waals surface area contributed by atoms with Gasteiger partial charge in [-0.15, -0.1) is 0 Å². The van der Waals surface area contributed by atoms with E-state index in [0.29, 0.717) is 61.8 Å². The number of aromatic nitrogens is 4. The normalized spacial score (nSPS) is 21.7. The number of amides is 1. The Hall–Kier alpha value is -4.37. The average molecular weight is 683 g/mol. The molecule has 1 saturated heterocycles. The highest BCUT2D eigenvalue weighted by atomic mass is 19.4. The molecule has 1 amide bonds. The van der Waals surface area contributed by atoms with Crippen LogP contribution in [0.2, 0.25) is 0 Å². The second-order valence-electron chi connectivity index (χ2n) is 12.5. The van der Waals surface area contributed by atoms with E-state index in [9.17, 15) is 41.0 Å². The second kappa shape index (κ2) is 14.0. The zero-order valence-electron chi connectivity index (χ0n) is 26.3. The molecule has 16 heteroatoms. The van der Waals surface area contributed by atoms with Gasteiger partial charge in [-0.1, -0.05) is 6.92 Å². The predicted octanol–water partition coefficient (Wildman–Crippen LogP) is 6.80. The maximum atomic E-state index is 13.7. The monoisotopic (exact) mass is 682 g/mol. The number of halogens is 6. The van der Waals surface area contributed by atoms with Gasteiger partial charge in [0, 0.05) is 55.9 Å². The summed E-state index contributed by atoms with van der Waals surface area (Å²) in [5.41, 5.74) is -1.80. The Morgan fingerprint density at radius 3 is 2.10 bits per heavy atom.